The van der Waals surface area contributed by atoms with Crippen molar-refractivity contribution in [2.45, 2.75) is 39.7 Å². The van der Waals surface area contributed by atoms with Crippen molar-refractivity contribution in [3.8, 4) is 0 Å². The predicted molar refractivity (Wildman–Crippen MR) is 82.8 cm³/mol. The normalized spacial score (nSPS) is 21.8. The van der Waals surface area contributed by atoms with E-state index in [2.05, 4.69) is 29.4 Å². The number of carbonyl (C=O) groups is 1. The van der Waals surface area contributed by atoms with Gasteiger partial charge in [-0.25, -0.2) is 0 Å². The minimum atomic E-state index is 0. The molecule has 1 heterocycles. The van der Waals surface area contributed by atoms with Crippen LogP contribution >= 0.6 is 12.4 Å². The molecular formula is C14H30ClN3O. The molecule has 1 amide bonds. The summed E-state index contributed by atoms with van der Waals surface area (Å²) in [7, 11) is 2.00. The van der Waals surface area contributed by atoms with Crippen LogP contribution < -0.4 is 10.6 Å². The summed E-state index contributed by atoms with van der Waals surface area (Å²) in [4.78, 5) is 14.4. The van der Waals surface area contributed by atoms with Gasteiger partial charge in [-0.1, -0.05) is 13.8 Å². The average Bonchev–Trinajstić information content (AvgIpc) is 2.35. The standard InChI is InChI=1S/C14H29N3O.ClH/c1-11(2)8-16-14(18)12(3)17-7-5-6-13(10-17)9-15-4;/h11-13,15H,5-10H2,1-4H3,(H,16,18);1H. The maximum Gasteiger partial charge on any atom is 0.237 e. The third-order valence-corrected chi connectivity index (χ3v) is 3.65. The highest BCUT2D eigenvalue weighted by Crippen LogP contribution is 2.17. The SMILES string of the molecule is CNCC1CCCN(C(C)C(=O)NCC(C)C)C1.Cl. The highest BCUT2D eigenvalue weighted by Gasteiger charge is 2.26. The van der Waals surface area contributed by atoms with E-state index in [-0.39, 0.29) is 24.4 Å². The number of carbonyl (C=O) groups excluding carboxylic acids is 1. The zero-order valence-electron chi connectivity index (χ0n) is 12.7. The molecule has 0 saturated carbocycles. The zero-order chi connectivity index (χ0) is 13.5. The number of piperidine rings is 1. The van der Waals surface area contributed by atoms with Crippen molar-refractivity contribution in [2.75, 3.05) is 33.2 Å². The Morgan fingerprint density at radius 3 is 2.63 bits per heavy atom. The number of hydrogen-bond donors (Lipinski definition) is 2. The molecule has 2 N–H and O–H groups in total. The fraction of sp³-hybridized carbons (Fsp3) is 0.929. The fourth-order valence-electron chi connectivity index (χ4n) is 2.52. The van der Waals surface area contributed by atoms with Gasteiger partial charge in [0.1, 0.15) is 0 Å². The minimum Gasteiger partial charge on any atom is -0.354 e. The maximum absolute atomic E-state index is 12.0. The number of halogens is 1. The van der Waals surface area contributed by atoms with Crippen LogP contribution in [0.5, 0.6) is 0 Å². The van der Waals surface area contributed by atoms with E-state index < -0.39 is 0 Å². The Balaban J connectivity index is 0.00000324. The zero-order valence-corrected chi connectivity index (χ0v) is 13.6. The molecule has 1 aliphatic rings. The van der Waals surface area contributed by atoms with Crippen LogP contribution in [-0.4, -0.2) is 50.1 Å². The number of amides is 1. The summed E-state index contributed by atoms with van der Waals surface area (Å²) in [5.74, 6) is 1.37. The molecule has 1 fully saturated rings. The molecular weight excluding hydrogens is 262 g/mol. The second-order valence-electron chi connectivity index (χ2n) is 5.88. The number of nitrogens with one attached hydrogen (secondary N) is 2. The first-order chi connectivity index (χ1) is 8.54. The molecule has 1 rings (SSSR count). The van der Waals surface area contributed by atoms with E-state index in [1.807, 2.05) is 14.0 Å². The Labute approximate surface area is 124 Å². The van der Waals surface area contributed by atoms with Gasteiger partial charge in [-0.05, 0) is 51.7 Å². The Morgan fingerprint density at radius 1 is 1.37 bits per heavy atom. The monoisotopic (exact) mass is 291 g/mol. The van der Waals surface area contributed by atoms with E-state index in [1.54, 1.807) is 0 Å². The van der Waals surface area contributed by atoms with Crippen molar-refractivity contribution in [3.05, 3.63) is 0 Å². The van der Waals surface area contributed by atoms with Crippen molar-refractivity contribution in [1.29, 1.82) is 0 Å². The summed E-state index contributed by atoms with van der Waals surface area (Å²) in [6.45, 7) is 10.2. The van der Waals surface area contributed by atoms with Gasteiger partial charge < -0.3 is 10.6 Å². The Kier molecular flexibility index (Phi) is 9.40. The number of nitrogens with zero attached hydrogens (tertiary/aromatic N) is 1. The molecule has 0 aromatic heterocycles. The van der Waals surface area contributed by atoms with Gasteiger partial charge in [0.2, 0.25) is 5.91 Å². The first-order valence-corrected chi connectivity index (χ1v) is 7.21. The van der Waals surface area contributed by atoms with Crippen molar-refractivity contribution in [2.24, 2.45) is 11.8 Å². The smallest absolute Gasteiger partial charge is 0.237 e. The fourth-order valence-corrected chi connectivity index (χ4v) is 2.52. The summed E-state index contributed by atoms with van der Waals surface area (Å²) >= 11 is 0. The molecule has 114 valence electrons. The summed E-state index contributed by atoms with van der Waals surface area (Å²) in [5, 5.41) is 6.27. The average molecular weight is 292 g/mol. The first-order valence-electron chi connectivity index (χ1n) is 7.21. The van der Waals surface area contributed by atoms with Crippen LogP contribution in [0.15, 0.2) is 0 Å². The Morgan fingerprint density at radius 2 is 2.05 bits per heavy atom. The largest absolute Gasteiger partial charge is 0.354 e. The molecule has 0 aromatic rings. The van der Waals surface area contributed by atoms with Crippen molar-refractivity contribution >= 4 is 18.3 Å². The molecule has 1 saturated heterocycles. The van der Waals surface area contributed by atoms with Crippen LogP contribution in [0.1, 0.15) is 33.6 Å². The molecule has 4 nitrogen and oxygen atoms in total. The topological polar surface area (TPSA) is 44.4 Å². The van der Waals surface area contributed by atoms with Crippen molar-refractivity contribution in [1.82, 2.24) is 15.5 Å². The van der Waals surface area contributed by atoms with Crippen LogP contribution in [-0.2, 0) is 4.79 Å². The second kappa shape index (κ2) is 9.56. The van der Waals surface area contributed by atoms with Gasteiger partial charge in [0, 0.05) is 13.1 Å². The van der Waals surface area contributed by atoms with Crippen molar-refractivity contribution in [3.63, 3.8) is 0 Å². The molecule has 2 unspecified atom stereocenters. The molecule has 2 atom stereocenters. The van der Waals surface area contributed by atoms with E-state index in [9.17, 15) is 4.79 Å². The van der Waals surface area contributed by atoms with Crippen LogP contribution in [0.4, 0.5) is 0 Å². The van der Waals surface area contributed by atoms with Gasteiger partial charge in [-0.2, -0.15) is 0 Å². The van der Waals surface area contributed by atoms with Gasteiger partial charge in [0.05, 0.1) is 6.04 Å². The van der Waals surface area contributed by atoms with E-state index in [1.165, 1.54) is 12.8 Å². The van der Waals surface area contributed by atoms with E-state index in [0.717, 1.165) is 26.2 Å². The van der Waals surface area contributed by atoms with Crippen molar-refractivity contribution < 1.29 is 4.79 Å². The lowest BCUT2D eigenvalue weighted by Crippen LogP contribution is -2.50. The summed E-state index contributed by atoms with van der Waals surface area (Å²) < 4.78 is 0. The molecule has 0 aliphatic carbocycles. The number of rotatable bonds is 6. The lowest BCUT2D eigenvalue weighted by molar-refractivity contribution is -0.126. The predicted octanol–water partition coefficient (Wildman–Crippen LogP) is 1.50. The minimum absolute atomic E-state index is 0. The second-order valence-corrected chi connectivity index (χ2v) is 5.88. The molecule has 0 radical (unpaired) electrons. The van der Waals surface area contributed by atoms with Gasteiger partial charge in [-0.15, -0.1) is 12.4 Å². The molecule has 0 spiro atoms. The summed E-state index contributed by atoms with van der Waals surface area (Å²) in [5.41, 5.74) is 0. The third kappa shape index (κ3) is 6.59. The molecule has 19 heavy (non-hydrogen) atoms. The van der Waals surface area contributed by atoms with E-state index in [4.69, 9.17) is 0 Å². The van der Waals surface area contributed by atoms with E-state index in [0.29, 0.717) is 11.8 Å². The summed E-state index contributed by atoms with van der Waals surface area (Å²) in [6, 6.07) is 0.00315. The van der Waals surface area contributed by atoms with Crippen LogP contribution in [0.25, 0.3) is 0 Å². The molecule has 5 heteroatoms. The molecule has 1 aliphatic heterocycles. The lowest BCUT2D eigenvalue weighted by atomic mass is 9.96. The van der Waals surface area contributed by atoms with Crippen LogP contribution in [0.2, 0.25) is 0 Å². The van der Waals surface area contributed by atoms with Gasteiger partial charge in [-0.3, -0.25) is 9.69 Å². The lowest BCUT2D eigenvalue weighted by Gasteiger charge is -2.36. The van der Waals surface area contributed by atoms with E-state index >= 15 is 0 Å². The third-order valence-electron chi connectivity index (χ3n) is 3.65. The van der Waals surface area contributed by atoms with Gasteiger partial charge in [0.15, 0.2) is 0 Å². The number of likely N-dealkylation sites (tertiary alicyclic amines) is 1. The molecule has 0 aromatic carbocycles. The highest BCUT2D eigenvalue weighted by atomic mass is 35.5. The van der Waals surface area contributed by atoms with Crippen LogP contribution in [0.3, 0.4) is 0 Å². The van der Waals surface area contributed by atoms with Crippen LogP contribution in [0, 0.1) is 11.8 Å². The number of hydrogen-bond acceptors (Lipinski definition) is 3. The quantitative estimate of drug-likeness (QED) is 0.779. The Bertz CT molecular complexity index is 259. The highest BCUT2D eigenvalue weighted by molar-refractivity contribution is 5.85. The maximum atomic E-state index is 12.0. The first kappa shape index (κ1) is 18.7. The van der Waals surface area contributed by atoms with Gasteiger partial charge in [0.25, 0.3) is 0 Å². The summed E-state index contributed by atoms with van der Waals surface area (Å²) in [6.07, 6.45) is 2.48. The molecule has 0 bridgehead atoms. The Hall–Kier alpha value is -0.320. The van der Waals surface area contributed by atoms with Gasteiger partial charge >= 0.3 is 0 Å².